The molecule has 126 valence electrons. The van der Waals surface area contributed by atoms with Crippen molar-refractivity contribution in [3.05, 3.63) is 24.3 Å². The molecular weight excluding hydrogens is 304 g/mol. The molecule has 0 radical (unpaired) electrons. The first kappa shape index (κ1) is 15.3. The molecule has 1 aromatic carbocycles. The van der Waals surface area contributed by atoms with Gasteiger partial charge in [0.1, 0.15) is 0 Å². The molecule has 2 aromatic rings. The molecule has 0 bridgehead atoms. The maximum atomic E-state index is 12.6. The number of benzene rings is 1. The van der Waals surface area contributed by atoms with Crippen LogP contribution >= 0.6 is 0 Å². The second kappa shape index (κ2) is 6.36. The lowest BCUT2D eigenvalue weighted by molar-refractivity contribution is -0.119. The third kappa shape index (κ3) is 2.94. The summed E-state index contributed by atoms with van der Waals surface area (Å²) in [5.74, 6) is 1.22. The van der Waals surface area contributed by atoms with Crippen molar-refractivity contribution in [2.24, 2.45) is 5.92 Å². The quantitative estimate of drug-likeness (QED) is 0.939. The van der Waals surface area contributed by atoms with Crippen LogP contribution in [0.1, 0.15) is 26.2 Å². The maximum Gasteiger partial charge on any atom is 0.231 e. The van der Waals surface area contributed by atoms with E-state index in [1.54, 1.807) is 0 Å². The molecule has 2 saturated heterocycles. The molecule has 0 saturated carbocycles. The third-order valence-corrected chi connectivity index (χ3v) is 4.77. The molecule has 1 amide bonds. The second-order valence-electron chi connectivity index (χ2n) is 6.64. The minimum Gasteiger partial charge on any atom is -0.378 e. The van der Waals surface area contributed by atoms with E-state index in [0.29, 0.717) is 12.4 Å². The molecular formula is C18H22N4O2. The van der Waals surface area contributed by atoms with Crippen LogP contribution < -0.4 is 10.2 Å². The number of nitrogens with one attached hydrogen (secondary N) is 1. The van der Waals surface area contributed by atoms with Crippen LogP contribution in [0, 0.1) is 5.92 Å². The molecule has 0 spiro atoms. The van der Waals surface area contributed by atoms with Gasteiger partial charge in [-0.2, -0.15) is 0 Å². The predicted molar refractivity (Wildman–Crippen MR) is 93.1 cm³/mol. The smallest absolute Gasteiger partial charge is 0.231 e. The number of carbonyl (C=O) groups excluding carboxylic acids is 1. The topological polar surface area (TPSA) is 67.4 Å². The lowest BCUT2D eigenvalue weighted by atomic mass is 10.1. The standard InChI is InChI=1S/C18H22N4O2/c1-12-10-13(11-24-12)18(23)21-16-17(22-8-4-5-9-22)20-15-7-3-2-6-14(15)19-16/h2-3,6-7,12-13H,4-5,8-11H2,1H3,(H,19,21,23)/t12-,13-/m1/s1. The Bertz CT molecular complexity index is 758. The third-order valence-electron chi connectivity index (χ3n) is 4.77. The van der Waals surface area contributed by atoms with Gasteiger partial charge in [0.15, 0.2) is 11.6 Å². The molecule has 4 rings (SSSR count). The number of fused-ring (bicyclic) bond motifs is 1. The summed E-state index contributed by atoms with van der Waals surface area (Å²) < 4.78 is 5.52. The normalized spacial score (nSPS) is 23.8. The number of para-hydroxylation sites is 2. The van der Waals surface area contributed by atoms with Crippen LogP contribution in [0.4, 0.5) is 11.6 Å². The van der Waals surface area contributed by atoms with E-state index in [4.69, 9.17) is 9.72 Å². The lowest BCUT2D eigenvalue weighted by Gasteiger charge is -2.20. The van der Waals surface area contributed by atoms with Crippen LogP contribution in [-0.4, -0.2) is 41.7 Å². The molecule has 6 nitrogen and oxygen atoms in total. The summed E-state index contributed by atoms with van der Waals surface area (Å²) >= 11 is 0. The van der Waals surface area contributed by atoms with Crippen molar-refractivity contribution in [3.8, 4) is 0 Å². The highest BCUT2D eigenvalue weighted by Gasteiger charge is 2.30. The van der Waals surface area contributed by atoms with Crippen molar-refractivity contribution in [1.82, 2.24) is 9.97 Å². The number of hydrogen-bond acceptors (Lipinski definition) is 5. The molecule has 0 aliphatic carbocycles. The van der Waals surface area contributed by atoms with Gasteiger partial charge in [0, 0.05) is 13.1 Å². The molecule has 0 unspecified atom stereocenters. The van der Waals surface area contributed by atoms with E-state index in [-0.39, 0.29) is 17.9 Å². The van der Waals surface area contributed by atoms with Crippen molar-refractivity contribution < 1.29 is 9.53 Å². The van der Waals surface area contributed by atoms with Crippen LogP contribution in [0.25, 0.3) is 11.0 Å². The number of carbonyl (C=O) groups is 1. The summed E-state index contributed by atoms with van der Waals surface area (Å²) in [5, 5.41) is 3.01. The van der Waals surface area contributed by atoms with E-state index < -0.39 is 0 Å². The highest BCUT2D eigenvalue weighted by atomic mass is 16.5. The lowest BCUT2D eigenvalue weighted by Crippen LogP contribution is -2.27. The predicted octanol–water partition coefficient (Wildman–Crippen LogP) is 2.59. The molecule has 3 heterocycles. The number of nitrogens with zero attached hydrogens (tertiary/aromatic N) is 3. The maximum absolute atomic E-state index is 12.6. The van der Waals surface area contributed by atoms with Gasteiger partial charge in [-0.1, -0.05) is 12.1 Å². The fourth-order valence-corrected chi connectivity index (χ4v) is 3.44. The van der Waals surface area contributed by atoms with E-state index >= 15 is 0 Å². The average molecular weight is 326 g/mol. The number of amides is 1. The summed E-state index contributed by atoms with van der Waals surface area (Å²) in [6.45, 7) is 4.39. The van der Waals surface area contributed by atoms with Gasteiger partial charge < -0.3 is 15.0 Å². The Morgan fingerprint density at radius 2 is 1.92 bits per heavy atom. The van der Waals surface area contributed by atoms with Crippen molar-refractivity contribution in [3.63, 3.8) is 0 Å². The first-order chi connectivity index (χ1) is 11.7. The average Bonchev–Trinajstić information content (AvgIpc) is 3.26. The number of rotatable bonds is 3. The number of anilines is 2. The van der Waals surface area contributed by atoms with Gasteiger partial charge in [0.25, 0.3) is 0 Å². The molecule has 2 aliphatic heterocycles. The van der Waals surface area contributed by atoms with Gasteiger partial charge in [0.05, 0.1) is 29.7 Å². The zero-order chi connectivity index (χ0) is 16.5. The fraction of sp³-hybridized carbons (Fsp3) is 0.500. The van der Waals surface area contributed by atoms with Crippen molar-refractivity contribution in [1.29, 1.82) is 0 Å². The molecule has 2 fully saturated rings. The van der Waals surface area contributed by atoms with Gasteiger partial charge in [-0.25, -0.2) is 9.97 Å². The van der Waals surface area contributed by atoms with Crippen LogP contribution in [0.5, 0.6) is 0 Å². The zero-order valence-corrected chi connectivity index (χ0v) is 13.9. The molecule has 6 heteroatoms. The van der Waals surface area contributed by atoms with Gasteiger partial charge >= 0.3 is 0 Å². The van der Waals surface area contributed by atoms with Crippen LogP contribution in [-0.2, 0) is 9.53 Å². The Hall–Kier alpha value is -2.21. The van der Waals surface area contributed by atoms with E-state index in [9.17, 15) is 4.79 Å². The first-order valence-corrected chi connectivity index (χ1v) is 8.65. The van der Waals surface area contributed by atoms with Crippen molar-refractivity contribution in [2.45, 2.75) is 32.3 Å². The summed E-state index contributed by atoms with van der Waals surface area (Å²) in [6.07, 6.45) is 3.19. The van der Waals surface area contributed by atoms with Gasteiger partial charge in [-0.05, 0) is 38.3 Å². The van der Waals surface area contributed by atoms with Crippen LogP contribution in [0.2, 0.25) is 0 Å². The van der Waals surface area contributed by atoms with Gasteiger partial charge in [-0.15, -0.1) is 0 Å². The highest BCUT2D eigenvalue weighted by Crippen LogP contribution is 2.29. The van der Waals surface area contributed by atoms with Crippen LogP contribution in [0.15, 0.2) is 24.3 Å². The summed E-state index contributed by atoms with van der Waals surface area (Å²) in [6, 6.07) is 7.78. The molecule has 1 aromatic heterocycles. The summed E-state index contributed by atoms with van der Waals surface area (Å²) in [4.78, 5) is 24.2. The van der Waals surface area contributed by atoms with E-state index in [1.807, 2.05) is 31.2 Å². The van der Waals surface area contributed by atoms with E-state index in [2.05, 4.69) is 15.2 Å². The zero-order valence-electron chi connectivity index (χ0n) is 13.9. The van der Waals surface area contributed by atoms with E-state index in [0.717, 1.165) is 49.2 Å². The minimum absolute atomic E-state index is 0.0237. The Morgan fingerprint density at radius 1 is 1.21 bits per heavy atom. The van der Waals surface area contributed by atoms with E-state index in [1.165, 1.54) is 0 Å². The molecule has 24 heavy (non-hydrogen) atoms. The minimum atomic E-state index is -0.111. The van der Waals surface area contributed by atoms with Crippen LogP contribution in [0.3, 0.4) is 0 Å². The molecule has 1 N–H and O–H groups in total. The molecule has 2 aliphatic rings. The Labute approximate surface area is 141 Å². The summed E-state index contributed by atoms with van der Waals surface area (Å²) in [5.41, 5.74) is 1.65. The summed E-state index contributed by atoms with van der Waals surface area (Å²) in [7, 11) is 0. The van der Waals surface area contributed by atoms with Gasteiger partial charge in [0.2, 0.25) is 5.91 Å². The monoisotopic (exact) mass is 326 g/mol. The van der Waals surface area contributed by atoms with Gasteiger partial charge in [-0.3, -0.25) is 4.79 Å². The Morgan fingerprint density at radius 3 is 2.58 bits per heavy atom. The number of ether oxygens (including phenoxy) is 1. The Balaban J connectivity index is 1.66. The number of hydrogen-bond donors (Lipinski definition) is 1. The first-order valence-electron chi connectivity index (χ1n) is 8.65. The largest absolute Gasteiger partial charge is 0.378 e. The SMILES string of the molecule is C[C@@H]1C[C@@H](C(=O)Nc2nc3ccccc3nc2N2CCCC2)CO1. The highest BCUT2D eigenvalue weighted by molar-refractivity contribution is 5.95. The number of aromatic nitrogens is 2. The molecule has 2 atom stereocenters. The van der Waals surface area contributed by atoms with Crippen molar-refractivity contribution >= 4 is 28.6 Å². The fourth-order valence-electron chi connectivity index (χ4n) is 3.44. The van der Waals surface area contributed by atoms with Crippen molar-refractivity contribution in [2.75, 3.05) is 29.9 Å². The second-order valence-corrected chi connectivity index (χ2v) is 6.64. The Kier molecular flexibility index (Phi) is 4.06.